The molecule has 1 aliphatic rings. The monoisotopic (exact) mass is 248 g/mol. The van der Waals surface area contributed by atoms with E-state index in [1.54, 1.807) is 0 Å². The highest BCUT2D eigenvalue weighted by molar-refractivity contribution is 7.99. The second-order valence-corrected chi connectivity index (χ2v) is 6.08. The molecule has 0 bridgehead atoms. The third-order valence-electron chi connectivity index (χ3n) is 3.33. The van der Waals surface area contributed by atoms with Gasteiger partial charge in [0.1, 0.15) is 0 Å². The number of hydrogen-bond donors (Lipinski definition) is 0. The smallest absolute Gasteiger partial charge is 0.163 e. The van der Waals surface area contributed by atoms with E-state index < -0.39 is 0 Å². The van der Waals surface area contributed by atoms with Crippen LogP contribution in [0.4, 0.5) is 0 Å². The lowest BCUT2D eigenvalue weighted by Gasteiger charge is -2.20. The van der Waals surface area contributed by atoms with E-state index in [9.17, 15) is 4.79 Å². The van der Waals surface area contributed by atoms with Crippen molar-refractivity contribution < 1.29 is 4.79 Å². The van der Waals surface area contributed by atoms with Gasteiger partial charge in [-0.05, 0) is 12.8 Å². The van der Waals surface area contributed by atoms with Crippen LogP contribution in [0.15, 0.2) is 30.3 Å². The SMILES string of the molecule is O=C(CCSC1CCCCC1)c1ccccc1. The standard InChI is InChI=1S/C15H20OS/c16-15(13-7-3-1-4-8-13)11-12-17-14-9-5-2-6-10-14/h1,3-4,7-8,14H,2,5-6,9-12H2. The molecule has 1 saturated carbocycles. The topological polar surface area (TPSA) is 17.1 Å². The quantitative estimate of drug-likeness (QED) is 0.722. The van der Waals surface area contributed by atoms with Crippen molar-refractivity contribution in [2.75, 3.05) is 5.75 Å². The largest absolute Gasteiger partial charge is 0.294 e. The molecular formula is C15H20OS. The Morgan fingerprint density at radius 1 is 1.12 bits per heavy atom. The van der Waals surface area contributed by atoms with E-state index in [0.29, 0.717) is 6.42 Å². The Balaban J connectivity index is 1.69. The zero-order valence-corrected chi connectivity index (χ0v) is 11.0. The van der Waals surface area contributed by atoms with Gasteiger partial charge in [-0.1, -0.05) is 49.6 Å². The van der Waals surface area contributed by atoms with Gasteiger partial charge in [-0.2, -0.15) is 11.8 Å². The molecule has 0 aromatic heterocycles. The number of Topliss-reactive ketones (excluding diaryl/α,β-unsaturated/α-hetero) is 1. The van der Waals surface area contributed by atoms with Crippen LogP contribution >= 0.6 is 11.8 Å². The number of hydrogen-bond acceptors (Lipinski definition) is 2. The molecule has 1 fully saturated rings. The van der Waals surface area contributed by atoms with E-state index in [-0.39, 0.29) is 5.78 Å². The molecule has 0 atom stereocenters. The molecule has 1 aromatic rings. The van der Waals surface area contributed by atoms with Crippen molar-refractivity contribution in [3.8, 4) is 0 Å². The van der Waals surface area contributed by atoms with Gasteiger partial charge in [0, 0.05) is 23.0 Å². The van der Waals surface area contributed by atoms with Gasteiger partial charge in [-0.3, -0.25) is 4.79 Å². The number of carbonyl (C=O) groups is 1. The molecule has 0 spiro atoms. The lowest BCUT2D eigenvalue weighted by atomic mass is 10.0. The summed E-state index contributed by atoms with van der Waals surface area (Å²) in [6.07, 6.45) is 7.55. The zero-order chi connectivity index (χ0) is 11.9. The van der Waals surface area contributed by atoms with Gasteiger partial charge in [0.15, 0.2) is 5.78 Å². The Hall–Kier alpha value is -0.760. The summed E-state index contributed by atoms with van der Waals surface area (Å²) in [6.45, 7) is 0. The summed E-state index contributed by atoms with van der Waals surface area (Å²) in [5, 5.41) is 0.812. The lowest BCUT2D eigenvalue weighted by molar-refractivity contribution is 0.0989. The molecule has 0 saturated heterocycles. The Morgan fingerprint density at radius 2 is 1.82 bits per heavy atom. The van der Waals surface area contributed by atoms with Crippen LogP contribution in [0.1, 0.15) is 48.9 Å². The Kier molecular flexibility index (Phi) is 5.11. The van der Waals surface area contributed by atoms with Crippen LogP contribution in [0, 0.1) is 0 Å². The van der Waals surface area contributed by atoms with E-state index in [2.05, 4.69) is 0 Å². The van der Waals surface area contributed by atoms with Crippen LogP contribution in [0.5, 0.6) is 0 Å². The second-order valence-electron chi connectivity index (χ2n) is 4.67. The van der Waals surface area contributed by atoms with Crippen LogP contribution in [-0.4, -0.2) is 16.8 Å². The molecule has 0 unspecified atom stereocenters. The summed E-state index contributed by atoms with van der Waals surface area (Å²) >= 11 is 2.00. The van der Waals surface area contributed by atoms with E-state index >= 15 is 0 Å². The van der Waals surface area contributed by atoms with Gasteiger partial charge < -0.3 is 0 Å². The molecule has 2 heteroatoms. The van der Waals surface area contributed by atoms with Gasteiger partial charge in [0.05, 0.1) is 0 Å². The number of carbonyl (C=O) groups excluding carboxylic acids is 1. The Morgan fingerprint density at radius 3 is 2.53 bits per heavy atom. The minimum Gasteiger partial charge on any atom is -0.294 e. The van der Waals surface area contributed by atoms with Crippen molar-refractivity contribution in [3.05, 3.63) is 35.9 Å². The van der Waals surface area contributed by atoms with Gasteiger partial charge in [0.25, 0.3) is 0 Å². The molecule has 92 valence electrons. The highest BCUT2D eigenvalue weighted by Gasteiger charge is 2.14. The van der Waals surface area contributed by atoms with Crippen LogP contribution in [0.25, 0.3) is 0 Å². The van der Waals surface area contributed by atoms with Crippen LogP contribution in [0.2, 0.25) is 0 Å². The summed E-state index contributed by atoms with van der Waals surface area (Å²) in [7, 11) is 0. The maximum atomic E-state index is 11.9. The predicted octanol–water partition coefficient (Wildman–Crippen LogP) is 4.33. The summed E-state index contributed by atoms with van der Waals surface area (Å²) in [6, 6.07) is 9.64. The molecule has 0 aliphatic heterocycles. The first kappa shape index (κ1) is 12.7. The van der Waals surface area contributed by atoms with Crippen LogP contribution in [-0.2, 0) is 0 Å². The predicted molar refractivity (Wildman–Crippen MR) is 74.7 cm³/mol. The summed E-state index contributed by atoms with van der Waals surface area (Å²) in [5.74, 6) is 1.27. The summed E-state index contributed by atoms with van der Waals surface area (Å²) in [4.78, 5) is 11.9. The minimum atomic E-state index is 0.286. The number of rotatable bonds is 5. The number of benzene rings is 1. The highest BCUT2D eigenvalue weighted by atomic mass is 32.2. The molecule has 0 heterocycles. The van der Waals surface area contributed by atoms with Gasteiger partial charge in [-0.25, -0.2) is 0 Å². The molecule has 1 aliphatic carbocycles. The minimum absolute atomic E-state index is 0.286. The number of ketones is 1. The zero-order valence-electron chi connectivity index (χ0n) is 10.2. The normalized spacial score (nSPS) is 16.9. The summed E-state index contributed by atoms with van der Waals surface area (Å²) < 4.78 is 0. The van der Waals surface area contributed by atoms with Crippen molar-refractivity contribution in [2.45, 2.75) is 43.8 Å². The van der Waals surface area contributed by atoms with Crippen molar-refractivity contribution in [1.29, 1.82) is 0 Å². The first-order chi connectivity index (χ1) is 8.36. The van der Waals surface area contributed by atoms with E-state index in [0.717, 1.165) is 16.6 Å². The highest BCUT2D eigenvalue weighted by Crippen LogP contribution is 2.28. The van der Waals surface area contributed by atoms with Gasteiger partial charge >= 0.3 is 0 Å². The fourth-order valence-corrected chi connectivity index (χ4v) is 3.62. The third kappa shape index (κ3) is 4.19. The molecule has 0 N–H and O–H groups in total. The Bertz CT molecular complexity index is 341. The molecular weight excluding hydrogens is 228 g/mol. The van der Waals surface area contributed by atoms with Crippen LogP contribution in [0.3, 0.4) is 0 Å². The fraction of sp³-hybridized carbons (Fsp3) is 0.533. The lowest BCUT2D eigenvalue weighted by Crippen LogP contribution is -2.10. The maximum Gasteiger partial charge on any atom is 0.163 e. The van der Waals surface area contributed by atoms with E-state index in [4.69, 9.17) is 0 Å². The van der Waals surface area contributed by atoms with E-state index in [1.165, 1.54) is 32.1 Å². The average molecular weight is 248 g/mol. The second kappa shape index (κ2) is 6.85. The maximum absolute atomic E-state index is 11.9. The Labute approximate surface area is 108 Å². The molecule has 0 amide bonds. The molecule has 1 nitrogen and oxygen atoms in total. The number of thioether (sulfide) groups is 1. The van der Waals surface area contributed by atoms with Crippen molar-refractivity contribution >= 4 is 17.5 Å². The first-order valence-corrected chi connectivity index (χ1v) is 7.61. The molecule has 1 aromatic carbocycles. The molecule has 17 heavy (non-hydrogen) atoms. The summed E-state index contributed by atoms with van der Waals surface area (Å²) in [5.41, 5.74) is 0.858. The average Bonchev–Trinajstić information content (AvgIpc) is 2.41. The molecule has 2 rings (SSSR count). The first-order valence-electron chi connectivity index (χ1n) is 6.56. The van der Waals surface area contributed by atoms with Crippen LogP contribution < -0.4 is 0 Å². The molecule has 0 radical (unpaired) electrons. The van der Waals surface area contributed by atoms with Crippen molar-refractivity contribution in [1.82, 2.24) is 0 Å². The fourth-order valence-electron chi connectivity index (χ4n) is 2.32. The third-order valence-corrected chi connectivity index (χ3v) is 4.71. The van der Waals surface area contributed by atoms with Crippen molar-refractivity contribution in [3.63, 3.8) is 0 Å². The van der Waals surface area contributed by atoms with Gasteiger partial charge in [-0.15, -0.1) is 0 Å². The van der Waals surface area contributed by atoms with Crippen molar-refractivity contribution in [2.24, 2.45) is 0 Å². The van der Waals surface area contributed by atoms with Gasteiger partial charge in [0.2, 0.25) is 0 Å². The van der Waals surface area contributed by atoms with E-state index in [1.807, 2.05) is 42.1 Å².